The van der Waals surface area contributed by atoms with Gasteiger partial charge in [-0.15, -0.1) is 0 Å². The Hall–Kier alpha value is -1.84. The van der Waals surface area contributed by atoms with E-state index in [-0.39, 0.29) is 0 Å². The average molecular weight is 300 g/mol. The van der Waals surface area contributed by atoms with Crippen LogP contribution in [0.15, 0.2) is 36.7 Å². The number of fused-ring (bicyclic) bond motifs is 1. The maximum atomic E-state index is 6.45. The topological polar surface area (TPSA) is 29.9 Å². The quantitative estimate of drug-likeness (QED) is 0.792. The van der Waals surface area contributed by atoms with E-state index in [0.717, 1.165) is 33.9 Å². The van der Waals surface area contributed by atoms with Gasteiger partial charge in [-0.05, 0) is 55.8 Å². The Morgan fingerprint density at radius 2 is 1.95 bits per heavy atom. The Balaban J connectivity index is 2.28. The van der Waals surface area contributed by atoms with Crippen molar-refractivity contribution in [3.8, 4) is 5.69 Å². The number of hydrogen-bond acceptors (Lipinski definition) is 2. The highest BCUT2D eigenvalue weighted by Gasteiger charge is 2.13. The first-order valence-corrected chi connectivity index (χ1v) is 7.36. The Bertz CT molecular complexity index is 805. The van der Waals surface area contributed by atoms with E-state index in [2.05, 4.69) is 46.9 Å². The number of aryl methyl sites for hydroxylation is 2. The molecule has 0 spiro atoms. The van der Waals surface area contributed by atoms with Gasteiger partial charge in [0.15, 0.2) is 0 Å². The van der Waals surface area contributed by atoms with Crippen LogP contribution in [0, 0.1) is 13.8 Å². The predicted molar refractivity (Wildman–Crippen MR) is 88.3 cm³/mol. The van der Waals surface area contributed by atoms with Gasteiger partial charge in [0.2, 0.25) is 0 Å². The summed E-state index contributed by atoms with van der Waals surface area (Å²) >= 11 is 6.45. The lowest BCUT2D eigenvalue weighted by Gasteiger charge is -2.13. The summed E-state index contributed by atoms with van der Waals surface area (Å²) in [5.41, 5.74) is 6.74. The Morgan fingerprint density at radius 3 is 2.71 bits per heavy atom. The van der Waals surface area contributed by atoms with E-state index in [1.807, 2.05) is 25.5 Å². The molecule has 108 valence electrons. The van der Waals surface area contributed by atoms with Crippen molar-refractivity contribution in [2.45, 2.75) is 20.4 Å². The van der Waals surface area contributed by atoms with Gasteiger partial charge in [-0.25, -0.2) is 4.98 Å². The molecule has 3 rings (SSSR count). The predicted octanol–water partition coefficient (Wildman–Crippen LogP) is 4.02. The van der Waals surface area contributed by atoms with E-state index in [4.69, 9.17) is 11.6 Å². The van der Waals surface area contributed by atoms with Crippen LogP contribution in [-0.4, -0.2) is 16.6 Å². The zero-order valence-electron chi connectivity index (χ0n) is 12.4. The van der Waals surface area contributed by atoms with Gasteiger partial charge in [0.05, 0.1) is 21.7 Å². The van der Waals surface area contributed by atoms with E-state index >= 15 is 0 Å². The molecule has 1 heterocycles. The second-order valence-electron chi connectivity index (χ2n) is 5.32. The molecular formula is C17H18ClN3. The van der Waals surface area contributed by atoms with Crippen LogP contribution in [0.2, 0.25) is 5.02 Å². The zero-order chi connectivity index (χ0) is 15.0. The standard InChI is InChI=1S/C17H18ClN3/c1-11-7-15-16(8-12(11)2)21(10-20-15)17-13(9-19-3)5-4-6-14(17)18/h4-8,10,19H,9H2,1-3H3. The van der Waals surface area contributed by atoms with Gasteiger partial charge in [0, 0.05) is 6.54 Å². The van der Waals surface area contributed by atoms with Crippen LogP contribution in [0.5, 0.6) is 0 Å². The third-order valence-corrected chi connectivity index (χ3v) is 4.15. The number of rotatable bonds is 3. The van der Waals surface area contributed by atoms with E-state index in [1.54, 1.807) is 0 Å². The summed E-state index contributed by atoms with van der Waals surface area (Å²) < 4.78 is 2.08. The number of halogens is 1. The molecule has 4 heteroatoms. The largest absolute Gasteiger partial charge is 0.316 e. The lowest BCUT2D eigenvalue weighted by molar-refractivity contribution is 0.809. The van der Waals surface area contributed by atoms with Crippen LogP contribution in [-0.2, 0) is 6.54 Å². The summed E-state index contributed by atoms with van der Waals surface area (Å²) in [5, 5.41) is 3.93. The molecule has 21 heavy (non-hydrogen) atoms. The molecule has 0 atom stereocenters. The van der Waals surface area contributed by atoms with Crippen molar-refractivity contribution < 1.29 is 0 Å². The number of aromatic nitrogens is 2. The van der Waals surface area contributed by atoms with Crippen molar-refractivity contribution in [2.24, 2.45) is 0 Å². The van der Waals surface area contributed by atoms with Gasteiger partial charge in [-0.2, -0.15) is 0 Å². The van der Waals surface area contributed by atoms with Crippen LogP contribution in [0.4, 0.5) is 0 Å². The van der Waals surface area contributed by atoms with E-state index in [1.165, 1.54) is 11.1 Å². The van der Waals surface area contributed by atoms with Gasteiger partial charge < -0.3 is 5.32 Å². The molecule has 1 N–H and O–H groups in total. The fraction of sp³-hybridized carbons (Fsp3) is 0.235. The molecule has 3 nitrogen and oxygen atoms in total. The zero-order valence-corrected chi connectivity index (χ0v) is 13.2. The summed E-state index contributed by atoms with van der Waals surface area (Å²) in [5.74, 6) is 0. The van der Waals surface area contributed by atoms with Gasteiger partial charge in [0.1, 0.15) is 6.33 Å². The molecule has 0 radical (unpaired) electrons. The highest BCUT2D eigenvalue weighted by molar-refractivity contribution is 6.32. The minimum Gasteiger partial charge on any atom is -0.316 e. The third kappa shape index (κ3) is 2.43. The van der Waals surface area contributed by atoms with E-state index in [9.17, 15) is 0 Å². The van der Waals surface area contributed by atoms with Gasteiger partial charge in [0.25, 0.3) is 0 Å². The lowest BCUT2D eigenvalue weighted by Crippen LogP contribution is -2.09. The van der Waals surface area contributed by atoms with Crippen LogP contribution in [0.1, 0.15) is 16.7 Å². The molecule has 0 fully saturated rings. The number of para-hydroxylation sites is 1. The van der Waals surface area contributed by atoms with Crippen LogP contribution in [0.25, 0.3) is 16.7 Å². The number of imidazole rings is 1. The first kappa shape index (κ1) is 14.1. The second kappa shape index (κ2) is 5.51. The highest BCUT2D eigenvalue weighted by Crippen LogP contribution is 2.29. The lowest BCUT2D eigenvalue weighted by atomic mass is 10.1. The summed E-state index contributed by atoms with van der Waals surface area (Å²) in [6.45, 7) is 4.99. The van der Waals surface area contributed by atoms with Crippen LogP contribution < -0.4 is 5.32 Å². The normalized spacial score (nSPS) is 11.2. The number of hydrogen-bond donors (Lipinski definition) is 1. The molecule has 0 aliphatic rings. The molecule has 3 aromatic rings. The van der Waals surface area contributed by atoms with Crippen molar-refractivity contribution in [2.75, 3.05) is 7.05 Å². The van der Waals surface area contributed by atoms with Gasteiger partial charge in [-0.3, -0.25) is 4.57 Å². The highest BCUT2D eigenvalue weighted by atomic mass is 35.5. The number of benzene rings is 2. The maximum absolute atomic E-state index is 6.45. The summed E-state index contributed by atoms with van der Waals surface area (Å²) in [6.07, 6.45) is 1.85. The van der Waals surface area contributed by atoms with Gasteiger partial charge in [-0.1, -0.05) is 23.7 Å². The summed E-state index contributed by atoms with van der Waals surface area (Å²) in [6, 6.07) is 10.3. The van der Waals surface area contributed by atoms with Crippen molar-refractivity contribution >= 4 is 22.6 Å². The Labute approximate surface area is 129 Å². The first-order valence-electron chi connectivity index (χ1n) is 6.98. The molecule has 0 amide bonds. The minimum atomic E-state index is 0.736. The molecule has 0 aliphatic carbocycles. The summed E-state index contributed by atoms with van der Waals surface area (Å²) in [7, 11) is 1.93. The van der Waals surface area contributed by atoms with Crippen molar-refractivity contribution in [1.82, 2.24) is 14.9 Å². The van der Waals surface area contributed by atoms with Crippen LogP contribution >= 0.6 is 11.6 Å². The molecule has 2 aromatic carbocycles. The van der Waals surface area contributed by atoms with Crippen molar-refractivity contribution in [1.29, 1.82) is 0 Å². The van der Waals surface area contributed by atoms with Crippen molar-refractivity contribution in [3.63, 3.8) is 0 Å². The molecule has 0 saturated carbocycles. The smallest absolute Gasteiger partial charge is 0.100 e. The Kier molecular flexibility index (Phi) is 3.70. The summed E-state index contributed by atoms with van der Waals surface area (Å²) in [4.78, 5) is 4.52. The minimum absolute atomic E-state index is 0.736. The van der Waals surface area contributed by atoms with E-state index in [0.29, 0.717) is 0 Å². The maximum Gasteiger partial charge on any atom is 0.100 e. The molecule has 0 saturated heterocycles. The SMILES string of the molecule is CNCc1cccc(Cl)c1-n1cnc2cc(C)c(C)cc21. The average Bonchev–Trinajstić information content (AvgIpc) is 2.83. The fourth-order valence-electron chi connectivity index (χ4n) is 2.61. The molecular weight excluding hydrogens is 282 g/mol. The second-order valence-corrected chi connectivity index (χ2v) is 5.72. The van der Waals surface area contributed by atoms with Gasteiger partial charge >= 0.3 is 0 Å². The van der Waals surface area contributed by atoms with Crippen molar-refractivity contribution in [3.05, 3.63) is 58.4 Å². The Morgan fingerprint density at radius 1 is 1.19 bits per heavy atom. The molecule has 0 unspecified atom stereocenters. The van der Waals surface area contributed by atoms with Crippen LogP contribution in [0.3, 0.4) is 0 Å². The molecule has 0 aliphatic heterocycles. The molecule has 0 bridgehead atoms. The number of nitrogens with one attached hydrogen (secondary N) is 1. The van der Waals surface area contributed by atoms with E-state index < -0.39 is 0 Å². The first-order chi connectivity index (χ1) is 10.1. The fourth-order valence-corrected chi connectivity index (χ4v) is 2.89. The molecule has 1 aromatic heterocycles. The third-order valence-electron chi connectivity index (χ3n) is 3.84. The monoisotopic (exact) mass is 299 g/mol. The number of nitrogens with zero attached hydrogens (tertiary/aromatic N) is 2.